The maximum absolute atomic E-state index is 14.2. The van der Waals surface area contributed by atoms with Crippen molar-refractivity contribution in [1.29, 1.82) is 0 Å². The molecule has 6 atom stereocenters. The van der Waals surface area contributed by atoms with Gasteiger partial charge in [-0.05, 0) is 54.5 Å². The Balaban J connectivity index is 1.88. The smallest absolute Gasteiger partial charge is 0.326 e. The van der Waals surface area contributed by atoms with Crippen LogP contribution in [0.5, 0.6) is 5.75 Å². The number of amides is 5. The SMILES string of the molecule is CC[C@H](C)[C@H](NC(=O)[C@H](Cc1c[nH]c2ccccc12)NC(=O)[C@H](Cc1ccc(O)cc1)NC(=O)CNC(=O)[C@@H](N)CCCN=C(N)N)C(=O)N[C@@H](CCC(=O)O)C(=O)O. The summed E-state index contributed by atoms with van der Waals surface area (Å²) in [6.07, 6.45) is 1.53. The molecule has 0 radical (unpaired) electrons. The highest BCUT2D eigenvalue weighted by atomic mass is 16.4. The Kier molecular flexibility index (Phi) is 18.1. The van der Waals surface area contributed by atoms with Gasteiger partial charge in [0.05, 0.1) is 12.6 Å². The van der Waals surface area contributed by atoms with Gasteiger partial charge in [-0.2, -0.15) is 0 Å². The number of fused-ring (bicyclic) bond motifs is 1. The third-order valence-electron chi connectivity index (χ3n) is 9.54. The number of nitrogens with zero attached hydrogens (tertiary/aromatic N) is 1. The van der Waals surface area contributed by atoms with Crippen LogP contribution in [0.2, 0.25) is 0 Å². The van der Waals surface area contributed by atoms with E-state index in [1.807, 2.05) is 18.2 Å². The number of phenolic OH excluding ortho intramolecular Hbond substituents is 1. The number of carboxylic acid groups (broad SMARTS) is 2. The highest BCUT2D eigenvalue weighted by Gasteiger charge is 2.34. The zero-order valence-electron chi connectivity index (χ0n) is 32.9. The van der Waals surface area contributed by atoms with E-state index < -0.39 is 97.0 Å². The Morgan fingerprint density at radius 2 is 1.44 bits per heavy atom. The number of aromatic nitrogens is 1. The molecule has 320 valence electrons. The number of carbonyl (C=O) groups excluding carboxylic acids is 5. The molecule has 1 aromatic heterocycles. The minimum absolute atomic E-state index is 0.0388. The van der Waals surface area contributed by atoms with Crippen LogP contribution in [0.1, 0.15) is 57.1 Å². The summed E-state index contributed by atoms with van der Waals surface area (Å²) in [6, 6.07) is 6.60. The topological polar surface area (TPSA) is 347 Å². The number of nitrogens with two attached hydrogens (primary N) is 3. The first-order chi connectivity index (χ1) is 28.0. The van der Waals surface area contributed by atoms with E-state index in [2.05, 4.69) is 36.6 Å². The van der Waals surface area contributed by atoms with Crippen LogP contribution in [0.4, 0.5) is 0 Å². The van der Waals surface area contributed by atoms with E-state index in [0.29, 0.717) is 24.0 Å². The number of aromatic hydroxyl groups is 1. The number of carbonyl (C=O) groups is 7. The van der Waals surface area contributed by atoms with Gasteiger partial charge >= 0.3 is 11.9 Å². The van der Waals surface area contributed by atoms with Crippen LogP contribution >= 0.6 is 0 Å². The number of hydrogen-bond acceptors (Lipinski definition) is 10. The Labute approximate surface area is 340 Å². The summed E-state index contributed by atoms with van der Waals surface area (Å²) in [7, 11) is 0. The molecular weight excluding hydrogens is 768 g/mol. The third-order valence-corrected chi connectivity index (χ3v) is 9.54. The average Bonchev–Trinajstić information content (AvgIpc) is 3.61. The second kappa shape index (κ2) is 22.9. The Morgan fingerprint density at radius 1 is 0.797 bits per heavy atom. The van der Waals surface area contributed by atoms with Crippen molar-refractivity contribution in [2.45, 2.75) is 89.0 Å². The molecule has 3 aromatic rings. The van der Waals surface area contributed by atoms with Gasteiger partial charge in [-0.25, -0.2) is 4.79 Å². The molecule has 0 aliphatic rings. The molecule has 2 aromatic carbocycles. The lowest BCUT2D eigenvalue weighted by molar-refractivity contribution is -0.143. The van der Waals surface area contributed by atoms with Crippen molar-refractivity contribution < 1.29 is 48.9 Å². The predicted octanol–water partition coefficient (Wildman–Crippen LogP) is -0.909. The van der Waals surface area contributed by atoms with E-state index in [1.54, 1.807) is 26.1 Å². The maximum atomic E-state index is 14.2. The summed E-state index contributed by atoms with van der Waals surface area (Å²) < 4.78 is 0. The van der Waals surface area contributed by atoms with Gasteiger partial charge in [-0.15, -0.1) is 0 Å². The molecule has 0 aliphatic carbocycles. The lowest BCUT2D eigenvalue weighted by Crippen LogP contribution is -2.60. The molecule has 0 saturated heterocycles. The number of hydrogen-bond donors (Lipinski definition) is 12. The lowest BCUT2D eigenvalue weighted by atomic mass is 9.96. The standard InChI is InChI=1S/C39H54N10O10/c1-3-21(2)33(37(57)47-28(38(58)59)14-15-32(52)53)49-36(56)30(18-23-19-44-27-9-5-4-7-25(23)27)48-35(55)29(17-22-10-12-24(50)13-11-22)46-31(51)20-45-34(54)26(40)8-6-16-43-39(41)42/h4-5,7,9-13,19,21,26,28-30,33,44,50H,3,6,8,14-18,20,40H2,1-2H3,(H,45,54)(H,46,51)(H,47,57)(H,48,55)(H,49,56)(H,52,53)(H,58,59)(H4,41,42,43)/t21-,26-,28-,29-,30-,33-/m0/s1. The number of rotatable bonds is 24. The number of phenols is 1. The van der Waals surface area contributed by atoms with Gasteiger partial charge < -0.3 is 64.1 Å². The first-order valence-electron chi connectivity index (χ1n) is 19.1. The first-order valence-corrected chi connectivity index (χ1v) is 19.1. The highest BCUT2D eigenvalue weighted by molar-refractivity contribution is 5.96. The van der Waals surface area contributed by atoms with Gasteiger partial charge in [-0.3, -0.25) is 33.8 Å². The fraction of sp³-hybridized carbons (Fsp3) is 0.436. The largest absolute Gasteiger partial charge is 0.508 e. The van der Waals surface area contributed by atoms with Gasteiger partial charge in [0.2, 0.25) is 29.5 Å². The Bertz CT molecular complexity index is 1960. The number of aliphatic imine (C=N–C) groups is 1. The monoisotopic (exact) mass is 822 g/mol. The molecule has 0 unspecified atom stereocenters. The van der Waals surface area contributed by atoms with E-state index in [0.717, 1.165) is 10.9 Å². The number of guanidine groups is 1. The van der Waals surface area contributed by atoms with Crippen molar-refractivity contribution in [3.63, 3.8) is 0 Å². The fourth-order valence-corrected chi connectivity index (χ4v) is 6.02. The van der Waals surface area contributed by atoms with Crippen LogP contribution in [-0.4, -0.2) is 111 Å². The Morgan fingerprint density at radius 3 is 2.08 bits per heavy atom. The molecule has 5 amide bonds. The van der Waals surface area contributed by atoms with Crippen LogP contribution in [0.15, 0.2) is 59.7 Å². The molecule has 15 N–H and O–H groups in total. The van der Waals surface area contributed by atoms with Crippen LogP contribution < -0.4 is 43.8 Å². The van der Waals surface area contributed by atoms with Crippen molar-refractivity contribution in [1.82, 2.24) is 31.6 Å². The van der Waals surface area contributed by atoms with Crippen molar-refractivity contribution in [3.05, 3.63) is 65.9 Å². The molecule has 20 nitrogen and oxygen atoms in total. The highest BCUT2D eigenvalue weighted by Crippen LogP contribution is 2.20. The Hall–Kier alpha value is -6.70. The summed E-state index contributed by atoms with van der Waals surface area (Å²) >= 11 is 0. The summed E-state index contributed by atoms with van der Waals surface area (Å²) in [5.41, 5.74) is 18.5. The molecule has 1 heterocycles. The molecule has 59 heavy (non-hydrogen) atoms. The van der Waals surface area contributed by atoms with Gasteiger partial charge in [-0.1, -0.05) is 50.6 Å². The zero-order chi connectivity index (χ0) is 43.6. The van der Waals surface area contributed by atoms with Crippen LogP contribution in [0, 0.1) is 5.92 Å². The normalized spacial score (nSPS) is 14.0. The van der Waals surface area contributed by atoms with Gasteiger partial charge in [0.25, 0.3) is 0 Å². The van der Waals surface area contributed by atoms with Gasteiger partial charge in [0, 0.05) is 42.9 Å². The zero-order valence-corrected chi connectivity index (χ0v) is 32.9. The number of para-hydroxylation sites is 1. The van der Waals surface area contributed by atoms with Crippen molar-refractivity contribution in [2.75, 3.05) is 13.1 Å². The third kappa shape index (κ3) is 15.3. The van der Waals surface area contributed by atoms with E-state index in [9.17, 15) is 43.8 Å². The number of aromatic amines is 1. The molecule has 0 spiro atoms. The number of nitrogens with one attached hydrogen (secondary N) is 6. The molecule has 0 fully saturated rings. The van der Waals surface area contributed by atoms with Crippen molar-refractivity contribution in [2.24, 2.45) is 28.1 Å². The van der Waals surface area contributed by atoms with Crippen LogP contribution in [0.3, 0.4) is 0 Å². The predicted molar refractivity (Wildman–Crippen MR) is 216 cm³/mol. The summed E-state index contributed by atoms with van der Waals surface area (Å²) in [5.74, 6) is -7.26. The second-order valence-electron chi connectivity index (χ2n) is 14.1. The van der Waals surface area contributed by atoms with Gasteiger partial charge in [0.1, 0.15) is 29.9 Å². The fourth-order valence-electron chi connectivity index (χ4n) is 6.02. The molecule has 0 aliphatic heterocycles. The first kappa shape index (κ1) is 46.7. The van der Waals surface area contributed by atoms with Gasteiger partial charge in [0.15, 0.2) is 5.96 Å². The van der Waals surface area contributed by atoms with Crippen LogP contribution in [-0.2, 0) is 46.4 Å². The lowest BCUT2D eigenvalue weighted by Gasteiger charge is -2.28. The number of aliphatic carboxylic acids is 2. The molecule has 20 heteroatoms. The maximum Gasteiger partial charge on any atom is 0.326 e. The molecular formula is C39H54N10O10. The van der Waals surface area contributed by atoms with E-state index >= 15 is 0 Å². The molecule has 0 saturated carbocycles. The minimum atomic E-state index is -1.55. The summed E-state index contributed by atoms with van der Waals surface area (Å²) in [5, 5.41) is 42.1. The minimum Gasteiger partial charge on any atom is -0.508 e. The number of H-pyrrole nitrogens is 1. The van der Waals surface area contributed by atoms with Crippen molar-refractivity contribution in [3.8, 4) is 5.75 Å². The molecule has 3 rings (SSSR count). The van der Waals surface area contributed by atoms with Crippen LogP contribution in [0.25, 0.3) is 10.9 Å². The van der Waals surface area contributed by atoms with Crippen molar-refractivity contribution >= 4 is 58.3 Å². The van der Waals surface area contributed by atoms with E-state index in [-0.39, 0.29) is 37.5 Å². The number of benzene rings is 2. The molecule has 0 bridgehead atoms. The average molecular weight is 823 g/mol. The summed E-state index contributed by atoms with van der Waals surface area (Å²) in [4.78, 5) is 97.7. The number of carboxylic acids is 2. The van der Waals surface area contributed by atoms with E-state index in [4.69, 9.17) is 22.3 Å². The summed E-state index contributed by atoms with van der Waals surface area (Å²) in [6.45, 7) is 3.12. The van der Waals surface area contributed by atoms with E-state index in [1.165, 1.54) is 24.3 Å². The quantitative estimate of drug-likeness (QED) is 0.0296. The second-order valence-corrected chi connectivity index (χ2v) is 14.1.